The van der Waals surface area contributed by atoms with Crippen molar-refractivity contribution in [2.24, 2.45) is 4.52 Å². The van der Waals surface area contributed by atoms with Crippen LogP contribution >= 0.6 is 0 Å². The molecule has 6 nitrogen and oxygen atoms in total. The van der Waals surface area contributed by atoms with E-state index in [1.165, 1.54) is 12.1 Å². The Morgan fingerprint density at radius 1 is 1.27 bits per heavy atom. The van der Waals surface area contributed by atoms with Gasteiger partial charge in [-0.1, -0.05) is 0 Å². The van der Waals surface area contributed by atoms with E-state index in [1.54, 1.807) is 12.1 Å². The average Bonchev–Trinajstić information content (AvgIpc) is 2.18. The van der Waals surface area contributed by atoms with Crippen LogP contribution in [0.3, 0.4) is 0 Å². The maximum absolute atomic E-state index is 11.3. The molecule has 1 aromatic carbocycles. The molecule has 1 aromatic rings. The second-order valence-electron chi connectivity index (χ2n) is 3.03. The molecule has 0 radical (unpaired) electrons. The van der Waals surface area contributed by atoms with E-state index in [0.717, 1.165) is 5.69 Å². The highest BCUT2D eigenvalue weighted by molar-refractivity contribution is 7.90. The van der Waals surface area contributed by atoms with Crippen LogP contribution in [0.2, 0.25) is 0 Å². The Labute approximate surface area is 87.8 Å². The Bertz CT molecular complexity index is 486. The third-order valence-corrected chi connectivity index (χ3v) is 2.95. The van der Waals surface area contributed by atoms with Crippen LogP contribution in [0, 0.1) is 0 Å². The van der Waals surface area contributed by atoms with Gasteiger partial charge in [0.05, 0.1) is 4.90 Å². The summed E-state index contributed by atoms with van der Waals surface area (Å²) in [5.41, 5.74) is 8.95. The quantitative estimate of drug-likeness (QED) is 0.447. The Hall–Kier alpha value is -1.72. The van der Waals surface area contributed by atoms with Crippen molar-refractivity contribution in [1.29, 1.82) is 0 Å². The van der Waals surface area contributed by atoms with Crippen LogP contribution in [0.25, 0.3) is 10.4 Å². The van der Waals surface area contributed by atoms with Crippen molar-refractivity contribution in [2.45, 2.75) is 4.90 Å². The summed E-state index contributed by atoms with van der Waals surface area (Å²) >= 11 is 0. The van der Waals surface area contributed by atoms with E-state index in [0.29, 0.717) is 0 Å². The maximum Gasteiger partial charge on any atom is 0.264 e. The van der Waals surface area contributed by atoms with Gasteiger partial charge in [0.15, 0.2) is 0 Å². The third-order valence-electron chi connectivity index (χ3n) is 1.79. The number of azide groups is 1. The van der Waals surface area contributed by atoms with Crippen molar-refractivity contribution in [3.8, 4) is 0 Å². The summed E-state index contributed by atoms with van der Waals surface area (Å²) in [6, 6.07) is 6.08. The predicted octanol–water partition coefficient (Wildman–Crippen LogP) is 1.75. The minimum absolute atomic E-state index is 0.00843. The van der Waals surface area contributed by atoms with E-state index in [2.05, 4.69) is 9.43 Å². The van der Waals surface area contributed by atoms with Crippen LogP contribution in [-0.2, 0) is 10.0 Å². The highest BCUT2D eigenvalue weighted by Gasteiger charge is 2.11. The van der Waals surface area contributed by atoms with Gasteiger partial charge in [0.1, 0.15) is 0 Å². The van der Waals surface area contributed by atoms with Gasteiger partial charge in [0, 0.05) is 29.2 Å². The van der Waals surface area contributed by atoms with E-state index in [4.69, 9.17) is 5.53 Å². The highest BCUT2D eigenvalue weighted by atomic mass is 32.2. The second kappa shape index (κ2) is 4.20. The molecule has 0 atom stereocenters. The first kappa shape index (κ1) is 11.4. The van der Waals surface area contributed by atoms with Gasteiger partial charge in [-0.2, -0.15) is 0 Å². The van der Waals surface area contributed by atoms with Gasteiger partial charge < -0.3 is 4.90 Å². The van der Waals surface area contributed by atoms with Crippen molar-refractivity contribution in [1.82, 2.24) is 0 Å². The van der Waals surface area contributed by atoms with Gasteiger partial charge >= 0.3 is 0 Å². The minimum atomic E-state index is -3.86. The molecule has 1 rings (SSSR count). The average molecular weight is 226 g/mol. The van der Waals surface area contributed by atoms with E-state index in [1.807, 2.05) is 19.0 Å². The first-order chi connectivity index (χ1) is 6.97. The Morgan fingerprint density at radius 2 is 1.80 bits per heavy atom. The normalized spacial score (nSPS) is 10.5. The van der Waals surface area contributed by atoms with Gasteiger partial charge in [-0.25, -0.2) is 8.42 Å². The first-order valence-electron chi connectivity index (χ1n) is 4.06. The fraction of sp³-hybridized carbons (Fsp3) is 0.250. The maximum atomic E-state index is 11.3. The van der Waals surface area contributed by atoms with E-state index < -0.39 is 10.0 Å². The summed E-state index contributed by atoms with van der Waals surface area (Å²) in [5.74, 6) is 0. The van der Waals surface area contributed by atoms with Gasteiger partial charge in [-0.05, 0) is 29.8 Å². The lowest BCUT2D eigenvalue weighted by Gasteiger charge is -2.11. The number of sulfonamides is 1. The molecule has 0 heterocycles. The molecule has 0 N–H and O–H groups in total. The van der Waals surface area contributed by atoms with Crippen molar-refractivity contribution in [3.63, 3.8) is 0 Å². The molecule has 0 bridgehead atoms. The van der Waals surface area contributed by atoms with Crippen LogP contribution < -0.4 is 4.90 Å². The molecule has 0 fully saturated rings. The van der Waals surface area contributed by atoms with Crippen LogP contribution in [0.1, 0.15) is 0 Å². The second-order valence-corrected chi connectivity index (χ2v) is 4.62. The lowest BCUT2D eigenvalue weighted by molar-refractivity contribution is 0.597. The number of benzene rings is 1. The van der Waals surface area contributed by atoms with Crippen molar-refractivity contribution in [2.75, 3.05) is 19.0 Å². The Balaban J connectivity index is 3.15. The summed E-state index contributed by atoms with van der Waals surface area (Å²) in [7, 11) is -0.175. The fourth-order valence-electron chi connectivity index (χ4n) is 1.01. The van der Waals surface area contributed by atoms with Gasteiger partial charge in [-0.15, -0.1) is 0 Å². The van der Waals surface area contributed by atoms with Gasteiger partial charge in [0.2, 0.25) is 0 Å². The molecule has 0 spiro atoms. The smallest absolute Gasteiger partial charge is 0.264 e. The molecule has 0 amide bonds. The monoisotopic (exact) mass is 226 g/mol. The zero-order chi connectivity index (χ0) is 11.5. The molecular weight excluding hydrogens is 216 g/mol. The molecule has 0 saturated heterocycles. The summed E-state index contributed by atoms with van der Waals surface area (Å²) in [6.07, 6.45) is 0. The number of anilines is 1. The van der Waals surface area contributed by atoms with Crippen molar-refractivity contribution in [3.05, 3.63) is 34.7 Å². The lowest BCUT2D eigenvalue weighted by atomic mass is 10.3. The molecule has 0 aliphatic carbocycles. The van der Waals surface area contributed by atoms with E-state index >= 15 is 0 Å². The minimum Gasteiger partial charge on any atom is -0.378 e. The molecule has 15 heavy (non-hydrogen) atoms. The van der Waals surface area contributed by atoms with E-state index in [-0.39, 0.29) is 4.90 Å². The SMILES string of the molecule is CN(C)c1ccc(S(=O)(=O)N=[N+]=[N-])cc1. The van der Waals surface area contributed by atoms with Crippen molar-refractivity contribution < 1.29 is 8.42 Å². The number of nitrogens with zero attached hydrogens (tertiary/aromatic N) is 4. The van der Waals surface area contributed by atoms with Crippen LogP contribution in [0.5, 0.6) is 0 Å². The molecule has 0 unspecified atom stereocenters. The molecule has 7 heteroatoms. The van der Waals surface area contributed by atoms with Crippen LogP contribution in [-0.4, -0.2) is 22.5 Å². The van der Waals surface area contributed by atoms with Crippen LogP contribution in [0.15, 0.2) is 33.7 Å². The first-order valence-corrected chi connectivity index (χ1v) is 5.50. The highest BCUT2D eigenvalue weighted by Crippen LogP contribution is 2.17. The van der Waals surface area contributed by atoms with E-state index in [9.17, 15) is 8.42 Å². The zero-order valence-corrected chi connectivity index (χ0v) is 9.14. The largest absolute Gasteiger partial charge is 0.378 e. The number of hydrogen-bond acceptors (Lipinski definition) is 3. The topological polar surface area (TPSA) is 86.1 Å². The molecule has 0 aliphatic rings. The third kappa shape index (κ3) is 2.61. The van der Waals surface area contributed by atoms with Gasteiger partial charge in [-0.3, -0.25) is 0 Å². The summed E-state index contributed by atoms with van der Waals surface area (Å²) in [4.78, 5) is 4.10. The standard InChI is InChI=1S/C8H10N4O2S/c1-12(2)7-3-5-8(6-4-7)15(13,14)11-10-9/h3-6H,1-2H3. The molecular formula is C8H10N4O2S. The number of rotatable bonds is 3. The van der Waals surface area contributed by atoms with Crippen molar-refractivity contribution >= 4 is 15.7 Å². The molecule has 0 aliphatic heterocycles. The Morgan fingerprint density at radius 3 is 2.20 bits per heavy atom. The summed E-state index contributed by atoms with van der Waals surface area (Å²) < 4.78 is 25.3. The number of hydrogen-bond donors (Lipinski definition) is 0. The fourth-order valence-corrected chi connectivity index (χ4v) is 1.68. The molecule has 80 valence electrons. The molecule has 0 aromatic heterocycles. The molecule has 0 saturated carbocycles. The Kier molecular flexibility index (Phi) is 3.18. The summed E-state index contributed by atoms with van der Waals surface area (Å²) in [6.45, 7) is 0. The predicted molar refractivity (Wildman–Crippen MR) is 57.1 cm³/mol. The lowest BCUT2D eigenvalue weighted by Crippen LogP contribution is -2.08. The zero-order valence-electron chi connectivity index (χ0n) is 8.32. The summed E-state index contributed by atoms with van der Waals surface area (Å²) in [5, 5.41) is 0. The van der Waals surface area contributed by atoms with Crippen LogP contribution in [0.4, 0.5) is 5.69 Å². The van der Waals surface area contributed by atoms with Gasteiger partial charge in [0.25, 0.3) is 10.0 Å².